The van der Waals surface area contributed by atoms with E-state index in [9.17, 15) is 0 Å². The monoisotopic (exact) mass is 360 g/mol. The van der Waals surface area contributed by atoms with E-state index in [-0.39, 0.29) is 8.80 Å². The van der Waals surface area contributed by atoms with Gasteiger partial charge in [0.15, 0.2) is 5.41 Å². The highest BCUT2D eigenvalue weighted by atomic mass is 28.4. The van der Waals surface area contributed by atoms with Gasteiger partial charge in [-0.2, -0.15) is 0 Å². The van der Waals surface area contributed by atoms with Gasteiger partial charge in [-0.1, -0.05) is 44.3 Å². The Balaban J connectivity index is 0.000000313. The van der Waals surface area contributed by atoms with E-state index in [2.05, 4.69) is 20.0 Å². The molecule has 2 aliphatic heterocycles. The van der Waals surface area contributed by atoms with Crippen molar-refractivity contribution < 1.29 is 13.9 Å². The summed E-state index contributed by atoms with van der Waals surface area (Å²) in [6.45, 7) is 13.1. The Hall–Kier alpha value is 0.314. The van der Waals surface area contributed by atoms with E-state index < -0.39 is 13.7 Å². The lowest BCUT2D eigenvalue weighted by Crippen LogP contribution is -2.63. The van der Waals surface area contributed by atoms with Crippen molar-refractivity contribution in [2.75, 3.05) is 19.8 Å². The molecule has 5 heteroatoms. The first-order chi connectivity index (χ1) is 11.0. The topological polar surface area (TPSA) is 27.7 Å². The van der Waals surface area contributed by atoms with Crippen molar-refractivity contribution in [3.63, 3.8) is 0 Å². The lowest BCUT2D eigenvalue weighted by molar-refractivity contribution is -0.198. The second-order valence-electron chi connectivity index (χ2n) is 7.23. The molecule has 0 amide bonds. The molecule has 0 aliphatic carbocycles. The van der Waals surface area contributed by atoms with E-state index >= 15 is 0 Å². The molecule has 2 heterocycles. The van der Waals surface area contributed by atoms with Crippen LogP contribution < -0.4 is 0 Å². The first-order valence-electron chi connectivity index (χ1n) is 9.95. The van der Waals surface area contributed by atoms with Crippen LogP contribution in [0.3, 0.4) is 0 Å². The molecule has 0 bridgehead atoms. The molecule has 2 fully saturated rings. The van der Waals surface area contributed by atoms with Crippen LogP contribution in [0.5, 0.6) is 0 Å². The van der Waals surface area contributed by atoms with Crippen LogP contribution in [0.2, 0.25) is 31.2 Å². The molecular weight excluding hydrogens is 320 g/mol. The Bertz CT molecular complexity index is 293. The van der Waals surface area contributed by atoms with Gasteiger partial charge in [0.2, 0.25) is 0 Å². The van der Waals surface area contributed by atoms with Gasteiger partial charge >= 0.3 is 0 Å². The molecule has 0 aromatic heterocycles. The Morgan fingerprint density at radius 2 is 1.48 bits per heavy atom. The highest BCUT2D eigenvalue weighted by Gasteiger charge is 2.55. The molecule has 1 unspecified atom stereocenters. The first-order valence-corrected chi connectivity index (χ1v) is 15.4. The lowest BCUT2D eigenvalue weighted by Gasteiger charge is -2.48. The van der Waals surface area contributed by atoms with Gasteiger partial charge in [-0.15, -0.1) is 0 Å². The predicted octanol–water partition coefficient (Wildman–Crippen LogP) is 5.12. The third-order valence-corrected chi connectivity index (χ3v) is 12.5. The number of rotatable bonds is 6. The first kappa shape index (κ1) is 21.4. The largest absolute Gasteiger partial charge is 0.411 e. The third kappa shape index (κ3) is 6.27. The highest BCUT2D eigenvalue weighted by Crippen LogP contribution is 2.40. The van der Waals surface area contributed by atoms with Crippen molar-refractivity contribution in [1.82, 2.24) is 0 Å². The molecule has 138 valence electrons. The zero-order valence-corrected chi connectivity index (χ0v) is 18.4. The summed E-state index contributed by atoms with van der Waals surface area (Å²) in [5, 5.41) is 0. The summed E-state index contributed by atoms with van der Waals surface area (Å²) in [6.07, 6.45) is 8.07. The van der Waals surface area contributed by atoms with Gasteiger partial charge in [0.1, 0.15) is 0 Å². The normalized spacial score (nSPS) is 28.0. The average molecular weight is 361 g/mol. The number of hydrogen-bond acceptors (Lipinski definition) is 3. The fraction of sp³-hybridized carbons (Fsp3) is 1.00. The van der Waals surface area contributed by atoms with Gasteiger partial charge in [0, 0.05) is 35.0 Å². The van der Waals surface area contributed by atoms with Crippen molar-refractivity contribution >= 4 is 17.1 Å². The minimum Gasteiger partial charge on any atom is -0.411 e. The average Bonchev–Trinajstić information content (AvgIpc) is 2.53. The molecule has 0 radical (unpaired) electrons. The van der Waals surface area contributed by atoms with Crippen LogP contribution in [0.4, 0.5) is 0 Å². The minimum atomic E-state index is -1.90. The summed E-state index contributed by atoms with van der Waals surface area (Å²) in [4.78, 5) is 0. The highest BCUT2D eigenvalue weighted by molar-refractivity contribution is 6.75. The zero-order valence-electron chi connectivity index (χ0n) is 16.3. The van der Waals surface area contributed by atoms with Gasteiger partial charge in [0.05, 0.1) is 0 Å². The Kier molecular flexibility index (Phi) is 10.2. The van der Waals surface area contributed by atoms with Crippen LogP contribution >= 0.6 is 0 Å². The van der Waals surface area contributed by atoms with Crippen LogP contribution in [-0.2, 0) is 13.9 Å². The van der Waals surface area contributed by atoms with Crippen molar-refractivity contribution in [1.29, 1.82) is 0 Å². The van der Waals surface area contributed by atoms with Gasteiger partial charge < -0.3 is 13.9 Å². The molecule has 2 rings (SSSR count). The molecule has 0 spiro atoms. The third-order valence-electron chi connectivity index (χ3n) is 5.33. The Morgan fingerprint density at radius 3 is 1.91 bits per heavy atom. The fourth-order valence-corrected chi connectivity index (χ4v) is 10.2. The van der Waals surface area contributed by atoms with Crippen LogP contribution in [-0.4, -0.2) is 42.3 Å². The minimum absolute atomic E-state index is 0.0945. The second-order valence-corrected chi connectivity index (χ2v) is 14.6. The SMILES string of the molecule is CCOC1(OCC)CCCC[Si]1(C)OCC.C[SiH]1CCCCC1. The summed E-state index contributed by atoms with van der Waals surface area (Å²) in [5.74, 6) is 0. The summed E-state index contributed by atoms with van der Waals surface area (Å²) in [7, 11) is -2.00. The second kappa shape index (κ2) is 11.0. The number of hydrogen-bond donors (Lipinski definition) is 0. The van der Waals surface area contributed by atoms with E-state index in [1.807, 2.05) is 13.8 Å². The van der Waals surface area contributed by atoms with Crippen LogP contribution in [0.1, 0.15) is 59.3 Å². The van der Waals surface area contributed by atoms with Crippen LogP contribution in [0, 0.1) is 0 Å². The zero-order chi connectivity index (χ0) is 17.2. The molecule has 0 saturated carbocycles. The smallest absolute Gasteiger partial charge is 0.254 e. The van der Waals surface area contributed by atoms with Crippen LogP contribution in [0.15, 0.2) is 0 Å². The van der Waals surface area contributed by atoms with Gasteiger partial charge in [0.25, 0.3) is 8.32 Å². The number of ether oxygens (including phenoxy) is 2. The molecular formula is C18H40O3Si2. The molecule has 23 heavy (non-hydrogen) atoms. The van der Waals surface area contributed by atoms with E-state index in [4.69, 9.17) is 13.9 Å². The molecule has 1 atom stereocenters. The molecule has 2 saturated heterocycles. The predicted molar refractivity (Wildman–Crippen MR) is 104 cm³/mol. The molecule has 0 aromatic rings. The molecule has 3 nitrogen and oxygen atoms in total. The van der Waals surface area contributed by atoms with Crippen molar-refractivity contribution in [2.24, 2.45) is 0 Å². The van der Waals surface area contributed by atoms with E-state index in [0.29, 0.717) is 13.2 Å². The Labute approximate surface area is 147 Å². The summed E-state index contributed by atoms with van der Waals surface area (Å²) >= 11 is 0. The molecule has 2 aliphatic rings. The lowest BCUT2D eigenvalue weighted by atomic mass is 10.2. The maximum absolute atomic E-state index is 6.08. The van der Waals surface area contributed by atoms with Crippen molar-refractivity contribution in [3.05, 3.63) is 0 Å². The van der Waals surface area contributed by atoms with Gasteiger partial charge in [-0.3, -0.25) is 0 Å². The van der Waals surface area contributed by atoms with E-state index in [1.165, 1.54) is 19.3 Å². The fourth-order valence-electron chi connectivity index (χ4n) is 4.04. The quantitative estimate of drug-likeness (QED) is 0.486. The standard InChI is InChI=1S/C12H26O3Si.C6H14Si/c1-5-13-12(14-6-2)10-8-9-11-16(12,4)15-7-3;1-7-5-3-2-4-6-7/h5-11H2,1-4H3;7H,2-6H2,1H3. The van der Waals surface area contributed by atoms with Crippen LogP contribution in [0.25, 0.3) is 0 Å². The summed E-state index contributed by atoms with van der Waals surface area (Å²) < 4.78 is 18.1. The summed E-state index contributed by atoms with van der Waals surface area (Å²) in [6, 6.07) is 4.40. The molecule has 0 aromatic carbocycles. The van der Waals surface area contributed by atoms with E-state index in [0.717, 1.165) is 19.1 Å². The van der Waals surface area contributed by atoms with Gasteiger partial charge in [-0.25, -0.2) is 0 Å². The van der Waals surface area contributed by atoms with Gasteiger partial charge in [-0.05, 0) is 39.8 Å². The maximum Gasteiger partial charge on any atom is 0.254 e. The van der Waals surface area contributed by atoms with Crippen molar-refractivity contribution in [3.8, 4) is 0 Å². The summed E-state index contributed by atoms with van der Waals surface area (Å²) in [5.41, 5.74) is -0.398. The molecule has 0 N–H and O–H groups in total. The maximum atomic E-state index is 6.08. The van der Waals surface area contributed by atoms with Crippen molar-refractivity contribution in [2.45, 2.75) is 95.9 Å². The van der Waals surface area contributed by atoms with E-state index in [1.54, 1.807) is 24.9 Å². The Morgan fingerprint density at radius 1 is 0.870 bits per heavy atom.